The van der Waals surface area contributed by atoms with Gasteiger partial charge in [0, 0.05) is 26.2 Å². The van der Waals surface area contributed by atoms with Crippen LogP contribution in [0.25, 0.3) is 10.2 Å². The van der Waals surface area contributed by atoms with Crippen LogP contribution in [-0.4, -0.2) is 68.3 Å². The lowest BCUT2D eigenvalue weighted by Gasteiger charge is -2.31. The molecule has 2 heterocycles. The molecule has 0 radical (unpaired) electrons. The predicted molar refractivity (Wildman–Crippen MR) is 130 cm³/mol. The number of fused-ring (bicyclic) bond motifs is 1. The maximum Gasteiger partial charge on any atom is 0.264 e. The summed E-state index contributed by atoms with van der Waals surface area (Å²) >= 11 is 1.24. The maximum absolute atomic E-state index is 13.0. The van der Waals surface area contributed by atoms with Crippen LogP contribution < -0.4 is 10.1 Å². The Kier molecular flexibility index (Phi) is 7.28. The highest BCUT2D eigenvalue weighted by Gasteiger charge is 2.27. The molecule has 0 atom stereocenters. The van der Waals surface area contributed by atoms with Crippen LogP contribution in [0.15, 0.2) is 47.4 Å². The smallest absolute Gasteiger partial charge is 0.264 e. The van der Waals surface area contributed by atoms with Crippen molar-refractivity contribution in [2.45, 2.75) is 24.7 Å². The van der Waals surface area contributed by atoms with Crippen LogP contribution in [0.4, 0.5) is 5.13 Å². The highest BCUT2D eigenvalue weighted by molar-refractivity contribution is 7.89. The first kappa shape index (κ1) is 23.6. The number of hydrogen-bond donors (Lipinski definition) is 1. The molecule has 176 valence electrons. The van der Waals surface area contributed by atoms with Crippen LogP contribution in [-0.2, 0) is 21.2 Å². The van der Waals surface area contributed by atoms with Crippen molar-refractivity contribution in [2.75, 3.05) is 45.2 Å². The molecule has 1 aromatic heterocycles. The summed E-state index contributed by atoms with van der Waals surface area (Å²) in [6.45, 7) is 4.37. The van der Waals surface area contributed by atoms with Gasteiger partial charge in [-0.2, -0.15) is 4.31 Å². The largest absolute Gasteiger partial charge is 0.484 e. The van der Waals surface area contributed by atoms with E-state index in [1.54, 1.807) is 18.2 Å². The Balaban J connectivity index is 1.39. The van der Waals surface area contributed by atoms with E-state index in [9.17, 15) is 13.2 Å². The number of carbonyl (C=O) groups is 1. The number of anilines is 1. The van der Waals surface area contributed by atoms with E-state index in [-0.39, 0.29) is 17.4 Å². The minimum atomic E-state index is -3.56. The van der Waals surface area contributed by atoms with E-state index in [2.05, 4.69) is 22.1 Å². The number of ether oxygens (including phenoxy) is 1. The Bertz CT molecular complexity index is 1220. The Morgan fingerprint density at radius 2 is 1.85 bits per heavy atom. The average Bonchev–Trinajstić information content (AvgIpc) is 3.20. The zero-order valence-corrected chi connectivity index (χ0v) is 20.4. The molecule has 1 amide bonds. The van der Waals surface area contributed by atoms with Crippen LogP contribution in [0.2, 0.25) is 0 Å². The molecule has 0 bridgehead atoms. The molecular formula is C23H28N4O4S2. The fourth-order valence-corrected chi connectivity index (χ4v) is 6.09. The second-order valence-electron chi connectivity index (χ2n) is 8.09. The molecule has 10 heteroatoms. The first-order valence-electron chi connectivity index (χ1n) is 11.0. The minimum absolute atomic E-state index is 0.133. The zero-order chi connectivity index (χ0) is 23.4. The number of aryl methyl sites for hydroxylation is 1. The normalized spacial score (nSPS) is 15.6. The van der Waals surface area contributed by atoms with Crippen LogP contribution in [0, 0.1) is 0 Å². The fraction of sp³-hybridized carbons (Fsp3) is 0.391. The van der Waals surface area contributed by atoms with Crippen molar-refractivity contribution in [3.05, 3.63) is 48.0 Å². The van der Waals surface area contributed by atoms with Crippen molar-refractivity contribution in [3.63, 3.8) is 0 Å². The molecule has 0 spiro atoms. The molecule has 0 unspecified atom stereocenters. The number of piperazine rings is 1. The summed E-state index contributed by atoms with van der Waals surface area (Å²) in [5.74, 6) is 0.310. The lowest BCUT2D eigenvalue weighted by Crippen LogP contribution is -2.46. The van der Waals surface area contributed by atoms with Gasteiger partial charge in [0.2, 0.25) is 10.0 Å². The standard InChI is InChI=1S/C23H28N4O4S2/c1-3-4-17-5-7-18(8-6-17)31-16-22(28)25-23-24-20-10-9-19(15-21(20)32-23)33(29,30)27-13-11-26(2)12-14-27/h5-10,15H,3-4,11-14,16H2,1-2H3,(H,24,25,28). The van der Waals surface area contributed by atoms with Crippen LogP contribution in [0.5, 0.6) is 5.75 Å². The van der Waals surface area contributed by atoms with Crippen LogP contribution >= 0.6 is 11.3 Å². The maximum atomic E-state index is 13.0. The van der Waals surface area contributed by atoms with Gasteiger partial charge in [-0.3, -0.25) is 10.1 Å². The number of nitrogens with one attached hydrogen (secondary N) is 1. The SMILES string of the molecule is CCCc1ccc(OCC(=O)Nc2nc3ccc(S(=O)(=O)N4CCN(C)CC4)cc3s2)cc1. The minimum Gasteiger partial charge on any atom is -0.484 e. The van der Waals surface area contributed by atoms with Gasteiger partial charge in [0.1, 0.15) is 5.75 Å². The lowest BCUT2D eigenvalue weighted by atomic mass is 10.1. The topological polar surface area (TPSA) is 91.8 Å². The molecule has 3 aromatic rings. The van der Waals surface area contributed by atoms with Gasteiger partial charge in [-0.1, -0.05) is 36.8 Å². The molecule has 4 rings (SSSR count). The number of rotatable bonds is 8. The van der Waals surface area contributed by atoms with Crippen LogP contribution in [0.3, 0.4) is 0 Å². The molecule has 33 heavy (non-hydrogen) atoms. The lowest BCUT2D eigenvalue weighted by molar-refractivity contribution is -0.118. The number of carbonyl (C=O) groups excluding carboxylic acids is 1. The van der Waals surface area contributed by atoms with E-state index >= 15 is 0 Å². The number of sulfonamides is 1. The fourth-order valence-electron chi connectivity index (χ4n) is 3.64. The molecule has 0 aliphatic carbocycles. The molecule has 1 saturated heterocycles. The molecule has 1 fully saturated rings. The van der Waals surface area contributed by atoms with Gasteiger partial charge >= 0.3 is 0 Å². The molecular weight excluding hydrogens is 460 g/mol. The van der Waals surface area contributed by atoms with Gasteiger partial charge in [0.25, 0.3) is 5.91 Å². The first-order chi connectivity index (χ1) is 15.8. The molecule has 1 N–H and O–H groups in total. The van der Waals surface area contributed by atoms with Gasteiger partial charge in [0.05, 0.1) is 15.1 Å². The second-order valence-corrected chi connectivity index (χ2v) is 11.1. The molecule has 2 aromatic carbocycles. The number of amides is 1. The van der Waals surface area contributed by atoms with Gasteiger partial charge < -0.3 is 9.64 Å². The van der Waals surface area contributed by atoms with Gasteiger partial charge in [-0.15, -0.1) is 0 Å². The highest BCUT2D eigenvalue weighted by atomic mass is 32.2. The van der Waals surface area contributed by atoms with Crippen molar-refractivity contribution in [2.24, 2.45) is 0 Å². The number of hydrogen-bond acceptors (Lipinski definition) is 7. The Morgan fingerprint density at radius 3 is 2.55 bits per heavy atom. The Labute approximate surface area is 198 Å². The summed E-state index contributed by atoms with van der Waals surface area (Å²) < 4.78 is 33.8. The quantitative estimate of drug-likeness (QED) is 0.524. The van der Waals surface area contributed by atoms with E-state index < -0.39 is 10.0 Å². The summed E-state index contributed by atoms with van der Waals surface area (Å²) in [6, 6.07) is 12.6. The summed E-state index contributed by atoms with van der Waals surface area (Å²) in [5, 5.41) is 3.15. The van der Waals surface area contributed by atoms with E-state index in [1.807, 2.05) is 31.3 Å². The Hall–Kier alpha value is -2.53. The second kappa shape index (κ2) is 10.2. The van der Waals surface area contributed by atoms with Gasteiger partial charge in [-0.25, -0.2) is 13.4 Å². The summed E-state index contributed by atoms with van der Waals surface area (Å²) in [7, 11) is -1.58. The van der Waals surface area contributed by atoms with Crippen molar-refractivity contribution in [1.82, 2.24) is 14.2 Å². The zero-order valence-electron chi connectivity index (χ0n) is 18.8. The molecule has 8 nitrogen and oxygen atoms in total. The number of aromatic nitrogens is 1. The van der Waals surface area contributed by atoms with Crippen molar-refractivity contribution >= 4 is 42.6 Å². The number of likely N-dealkylation sites (N-methyl/N-ethyl adjacent to an activating group) is 1. The Morgan fingerprint density at radius 1 is 1.12 bits per heavy atom. The molecule has 0 saturated carbocycles. The van der Waals surface area contributed by atoms with Crippen molar-refractivity contribution in [1.29, 1.82) is 0 Å². The molecule has 1 aliphatic rings. The average molecular weight is 489 g/mol. The first-order valence-corrected chi connectivity index (χ1v) is 13.2. The third-order valence-corrected chi connectivity index (χ3v) is 8.37. The highest BCUT2D eigenvalue weighted by Crippen LogP contribution is 2.29. The predicted octanol–water partition coefficient (Wildman–Crippen LogP) is 3.20. The third-order valence-electron chi connectivity index (χ3n) is 5.54. The van der Waals surface area contributed by atoms with Gasteiger partial charge in [-0.05, 0) is 49.4 Å². The summed E-state index contributed by atoms with van der Waals surface area (Å²) in [4.78, 5) is 19.1. The van der Waals surface area contributed by atoms with E-state index in [0.717, 1.165) is 12.8 Å². The monoisotopic (exact) mass is 488 g/mol. The molecule has 1 aliphatic heterocycles. The number of nitrogens with zero attached hydrogens (tertiary/aromatic N) is 3. The summed E-state index contributed by atoms with van der Waals surface area (Å²) in [6.07, 6.45) is 2.09. The van der Waals surface area contributed by atoms with E-state index in [4.69, 9.17) is 4.74 Å². The van der Waals surface area contributed by atoms with Gasteiger partial charge in [0.15, 0.2) is 11.7 Å². The summed E-state index contributed by atoms with van der Waals surface area (Å²) in [5.41, 5.74) is 1.87. The van der Waals surface area contributed by atoms with Crippen LogP contribution in [0.1, 0.15) is 18.9 Å². The third kappa shape index (κ3) is 5.70. The van der Waals surface area contributed by atoms with Crippen molar-refractivity contribution < 1.29 is 17.9 Å². The van der Waals surface area contributed by atoms with E-state index in [0.29, 0.717) is 47.3 Å². The number of thiazole rings is 1. The number of benzene rings is 2. The van der Waals surface area contributed by atoms with Crippen molar-refractivity contribution in [3.8, 4) is 5.75 Å². The van der Waals surface area contributed by atoms with E-state index in [1.165, 1.54) is 21.2 Å².